The first-order valence-corrected chi connectivity index (χ1v) is 6.53. The topological polar surface area (TPSA) is 38.0 Å². The molecule has 2 nitrogen and oxygen atoms in total. The van der Waals surface area contributed by atoms with Gasteiger partial charge in [-0.15, -0.1) is 11.3 Å². The molecular weight excluding hydrogens is 228 g/mol. The first-order chi connectivity index (χ1) is 8.34. The van der Waals surface area contributed by atoms with Crippen LogP contribution in [0.15, 0.2) is 48.6 Å². The molecule has 0 amide bonds. The van der Waals surface area contributed by atoms with Gasteiger partial charge in [0, 0.05) is 16.1 Å². The van der Waals surface area contributed by atoms with Gasteiger partial charge in [0.15, 0.2) is 0 Å². The minimum atomic E-state index is 0.348. The Hall–Kier alpha value is -1.74. The van der Waals surface area contributed by atoms with E-state index >= 15 is 0 Å². The van der Waals surface area contributed by atoms with Crippen molar-refractivity contribution in [3.63, 3.8) is 0 Å². The summed E-state index contributed by atoms with van der Waals surface area (Å²) >= 11 is 1.64. The molecule has 0 saturated carbocycles. The molecule has 1 aromatic carbocycles. The SMILES string of the molecule is Nc1sc2ccccc2c1NC1C=CC=CC1. The standard InChI is InChI=1S/C14H14N2S/c15-14-13(16-10-6-2-1-3-7-10)11-8-4-5-9-12(11)17-14/h1-6,8-10,16H,7,15H2. The highest BCUT2D eigenvalue weighted by molar-refractivity contribution is 7.23. The molecule has 0 saturated heterocycles. The van der Waals surface area contributed by atoms with Crippen LogP contribution in [0.25, 0.3) is 10.1 Å². The molecule has 1 atom stereocenters. The minimum Gasteiger partial charge on any atom is -0.389 e. The van der Waals surface area contributed by atoms with Crippen molar-refractivity contribution in [1.82, 2.24) is 0 Å². The zero-order chi connectivity index (χ0) is 11.7. The molecule has 1 aliphatic rings. The fourth-order valence-corrected chi connectivity index (χ4v) is 3.02. The third-order valence-electron chi connectivity index (χ3n) is 2.93. The van der Waals surface area contributed by atoms with Gasteiger partial charge in [0.05, 0.1) is 5.69 Å². The van der Waals surface area contributed by atoms with Crippen LogP contribution in [-0.4, -0.2) is 6.04 Å². The molecule has 0 radical (unpaired) electrons. The van der Waals surface area contributed by atoms with Crippen molar-refractivity contribution >= 4 is 32.1 Å². The number of nitrogens with one attached hydrogen (secondary N) is 1. The first-order valence-electron chi connectivity index (χ1n) is 5.71. The van der Waals surface area contributed by atoms with E-state index in [0.717, 1.165) is 17.1 Å². The molecule has 1 heterocycles. The van der Waals surface area contributed by atoms with Crippen molar-refractivity contribution in [1.29, 1.82) is 0 Å². The summed E-state index contributed by atoms with van der Waals surface area (Å²) < 4.78 is 1.24. The van der Waals surface area contributed by atoms with Gasteiger partial charge in [0.2, 0.25) is 0 Å². The first kappa shape index (κ1) is 10.4. The fraction of sp³-hybridized carbons (Fsp3) is 0.143. The maximum absolute atomic E-state index is 6.08. The summed E-state index contributed by atoms with van der Waals surface area (Å²) in [5.74, 6) is 0. The Morgan fingerprint density at radius 3 is 2.94 bits per heavy atom. The molecule has 3 rings (SSSR count). The number of benzene rings is 1. The molecule has 3 heteroatoms. The van der Waals surface area contributed by atoms with E-state index < -0.39 is 0 Å². The van der Waals surface area contributed by atoms with Crippen molar-refractivity contribution < 1.29 is 0 Å². The number of fused-ring (bicyclic) bond motifs is 1. The summed E-state index contributed by atoms with van der Waals surface area (Å²) in [5, 5.41) is 5.61. The average Bonchev–Trinajstić information content (AvgIpc) is 2.68. The van der Waals surface area contributed by atoms with Crippen LogP contribution in [0.3, 0.4) is 0 Å². The maximum Gasteiger partial charge on any atom is 0.111 e. The third-order valence-corrected chi connectivity index (χ3v) is 3.93. The second kappa shape index (κ2) is 4.26. The Kier molecular flexibility index (Phi) is 2.61. The Balaban J connectivity index is 1.96. The Bertz CT molecular complexity index is 595. The van der Waals surface area contributed by atoms with Gasteiger partial charge in [-0.3, -0.25) is 0 Å². The van der Waals surface area contributed by atoms with Crippen molar-refractivity contribution in [3.05, 3.63) is 48.6 Å². The van der Waals surface area contributed by atoms with Crippen LogP contribution in [0, 0.1) is 0 Å². The summed E-state index contributed by atoms with van der Waals surface area (Å²) in [5.41, 5.74) is 7.16. The predicted octanol–water partition coefficient (Wildman–Crippen LogP) is 3.78. The third kappa shape index (κ3) is 1.94. The maximum atomic E-state index is 6.08. The number of nitrogens with two attached hydrogens (primary N) is 1. The molecule has 0 aliphatic heterocycles. The lowest BCUT2D eigenvalue weighted by Crippen LogP contribution is -2.17. The quantitative estimate of drug-likeness (QED) is 0.841. The van der Waals surface area contributed by atoms with Crippen molar-refractivity contribution in [2.24, 2.45) is 0 Å². The summed E-state index contributed by atoms with van der Waals surface area (Å²) in [6, 6.07) is 8.67. The van der Waals surface area contributed by atoms with E-state index in [-0.39, 0.29) is 0 Å². The zero-order valence-corrected chi connectivity index (χ0v) is 10.2. The van der Waals surface area contributed by atoms with E-state index in [1.807, 2.05) is 6.07 Å². The minimum absolute atomic E-state index is 0.348. The number of rotatable bonds is 2. The molecule has 0 bridgehead atoms. The molecule has 0 fully saturated rings. The smallest absolute Gasteiger partial charge is 0.111 e. The van der Waals surface area contributed by atoms with Gasteiger partial charge >= 0.3 is 0 Å². The Morgan fingerprint density at radius 1 is 1.24 bits per heavy atom. The van der Waals surface area contributed by atoms with E-state index in [0.29, 0.717) is 6.04 Å². The molecule has 1 unspecified atom stereocenters. The summed E-state index contributed by atoms with van der Waals surface area (Å²) in [7, 11) is 0. The van der Waals surface area contributed by atoms with Crippen LogP contribution < -0.4 is 11.1 Å². The van der Waals surface area contributed by atoms with Gasteiger partial charge < -0.3 is 11.1 Å². The van der Waals surface area contributed by atoms with E-state index in [1.165, 1.54) is 10.1 Å². The van der Waals surface area contributed by atoms with Crippen molar-refractivity contribution in [2.45, 2.75) is 12.5 Å². The monoisotopic (exact) mass is 242 g/mol. The van der Waals surface area contributed by atoms with Crippen LogP contribution in [0.1, 0.15) is 6.42 Å². The van der Waals surface area contributed by atoms with Gasteiger partial charge in [-0.2, -0.15) is 0 Å². The predicted molar refractivity (Wildman–Crippen MR) is 76.5 cm³/mol. The molecule has 17 heavy (non-hydrogen) atoms. The lowest BCUT2D eigenvalue weighted by molar-refractivity contribution is 0.886. The summed E-state index contributed by atoms with van der Waals surface area (Å²) in [6.07, 6.45) is 9.51. The second-order valence-electron chi connectivity index (χ2n) is 4.14. The number of allylic oxidation sites excluding steroid dienone is 2. The Labute approximate surface area is 104 Å². The summed E-state index contributed by atoms with van der Waals surface area (Å²) in [6.45, 7) is 0. The average molecular weight is 242 g/mol. The van der Waals surface area contributed by atoms with Crippen LogP contribution in [0.5, 0.6) is 0 Å². The van der Waals surface area contributed by atoms with Crippen LogP contribution in [-0.2, 0) is 0 Å². The van der Waals surface area contributed by atoms with Crippen molar-refractivity contribution in [3.8, 4) is 0 Å². The number of hydrogen-bond donors (Lipinski definition) is 2. The van der Waals surface area contributed by atoms with E-state index in [1.54, 1.807) is 11.3 Å². The molecule has 1 aromatic heterocycles. The molecule has 1 aliphatic carbocycles. The zero-order valence-electron chi connectivity index (χ0n) is 9.39. The normalized spacial score (nSPS) is 18.7. The highest BCUT2D eigenvalue weighted by Crippen LogP contribution is 2.38. The molecule has 86 valence electrons. The van der Waals surface area contributed by atoms with Crippen molar-refractivity contribution in [2.75, 3.05) is 11.1 Å². The van der Waals surface area contributed by atoms with Gasteiger partial charge in [-0.05, 0) is 12.5 Å². The van der Waals surface area contributed by atoms with Crippen LogP contribution >= 0.6 is 11.3 Å². The van der Waals surface area contributed by atoms with E-state index in [4.69, 9.17) is 5.73 Å². The number of nitrogen functional groups attached to an aromatic ring is 1. The molecule has 0 spiro atoms. The van der Waals surface area contributed by atoms with E-state index in [2.05, 4.69) is 47.8 Å². The number of anilines is 2. The highest BCUT2D eigenvalue weighted by atomic mass is 32.1. The Morgan fingerprint density at radius 2 is 2.12 bits per heavy atom. The molecular formula is C14H14N2S. The van der Waals surface area contributed by atoms with Gasteiger partial charge in [0.25, 0.3) is 0 Å². The van der Waals surface area contributed by atoms with Crippen LogP contribution in [0.4, 0.5) is 10.7 Å². The molecule has 2 aromatic rings. The fourth-order valence-electron chi connectivity index (χ4n) is 2.09. The largest absolute Gasteiger partial charge is 0.389 e. The number of hydrogen-bond acceptors (Lipinski definition) is 3. The van der Waals surface area contributed by atoms with Crippen LogP contribution in [0.2, 0.25) is 0 Å². The van der Waals surface area contributed by atoms with E-state index in [9.17, 15) is 0 Å². The summed E-state index contributed by atoms with van der Waals surface area (Å²) in [4.78, 5) is 0. The lowest BCUT2D eigenvalue weighted by atomic mass is 10.1. The second-order valence-corrected chi connectivity index (χ2v) is 5.22. The highest BCUT2D eigenvalue weighted by Gasteiger charge is 2.12. The lowest BCUT2D eigenvalue weighted by Gasteiger charge is -2.16. The van der Waals surface area contributed by atoms with Gasteiger partial charge in [-0.25, -0.2) is 0 Å². The number of thiophene rings is 1. The molecule has 3 N–H and O–H groups in total. The van der Waals surface area contributed by atoms with Gasteiger partial charge in [0.1, 0.15) is 5.00 Å². The van der Waals surface area contributed by atoms with Gasteiger partial charge in [-0.1, -0.05) is 42.5 Å².